The van der Waals surface area contributed by atoms with E-state index >= 15 is 0 Å². The molecule has 0 spiro atoms. The molecule has 0 radical (unpaired) electrons. The average Bonchev–Trinajstić information content (AvgIpc) is 2.53. The highest BCUT2D eigenvalue weighted by molar-refractivity contribution is 6.31. The maximum Gasteiger partial charge on any atom is 0.337 e. The Bertz CT molecular complexity index is 748. The Labute approximate surface area is 134 Å². The number of methoxy groups -OCH3 is 1. The van der Waals surface area contributed by atoms with Crippen molar-refractivity contribution in [3.63, 3.8) is 0 Å². The summed E-state index contributed by atoms with van der Waals surface area (Å²) in [5.41, 5.74) is 2.93. The molecule has 0 fully saturated rings. The molecule has 0 aliphatic heterocycles. The van der Waals surface area contributed by atoms with E-state index in [1.807, 2.05) is 19.1 Å². The van der Waals surface area contributed by atoms with E-state index in [1.165, 1.54) is 7.11 Å². The molecule has 2 aromatic rings. The fourth-order valence-corrected chi connectivity index (χ4v) is 2.55. The van der Waals surface area contributed by atoms with E-state index in [0.29, 0.717) is 29.1 Å². The van der Waals surface area contributed by atoms with Gasteiger partial charge in [0.1, 0.15) is 0 Å². The molecule has 0 N–H and O–H groups in total. The van der Waals surface area contributed by atoms with Crippen LogP contribution in [0.1, 0.15) is 27.2 Å². The lowest BCUT2D eigenvalue weighted by molar-refractivity contribution is 0.0600. The summed E-state index contributed by atoms with van der Waals surface area (Å²) in [5, 5.41) is 0.595. The van der Waals surface area contributed by atoms with Gasteiger partial charge in [0.15, 0.2) is 0 Å². The summed E-state index contributed by atoms with van der Waals surface area (Å²) in [5.74, 6) is -0.357. The summed E-state index contributed by atoms with van der Waals surface area (Å²) in [4.78, 5) is 23.6. The van der Waals surface area contributed by atoms with Crippen LogP contribution in [-0.2, 0) is 17.7 Å². The van der Waals surface area contributed by atoms with Crippen LogP contribution in [0, 0.1) is 13.8 Å². The summed E-state index contributed by atoms with van der Waals surface area (Å²) in [6.07, 6.45) is 0.683. The number of aryl methyl sites for hydroxylation is 2. The van der Waals surface area contributed by atoms with Crippen LogP contribution in [0.3, 0.4) is 0 Å². The van der Waals surface area contributed by atoms with E-state index in [2.05, 4.69) is 4.74 Å². The largest absolute Gasteiger partial charge is 0.465 e. The maximum absolute atomic E-state index is 12.2. The number of carbonyl (C=O) groups excluding carboxylic acids is 1. The number of aromatic nitrogens is 1. The van der Waals surface area contributed by atoms with Gasteiger partial charge in [-0.05, 0) is 44.0 Å². The molecule has 0 aliphatic rings. The zero-order valence-electron chi connectivity index (χ0n) is 12.9. The van der Waals surface area contributed by atoms with E-state index in [0.717, 1.165) is 11.3 Å². The van der Waals surface area contributed by atoms with Gasteiger partial charge >= 0.3 is 5.97 Å². The van der Waals surface area contributed by atoms with Crippen molar-refractivity contribution in [3.8, 4) is 0 Å². The summed E-state index contributed by atoms with van der Waals surface area (Å²) < 4.78 is 6.35. The number of carbonyl (C=O) groups is 1. The summed E-state index contributed by atoms with van der Waals surface area (Å²) in [6.45, 7) is 4.14. The third-order valence-electron chi connectivity index (χ3n) is 3.68. The van der Waals surface area contributed by atoms with Crippen LogP contribution in [0.4, 0.5) is 0 Å². The van der Waals surface area contributed by atoms with Crippen LogP contribution in [-0.4, -0.2) is 17.6 Å². The fraction of sp³-hybridized carbons (Fsp3) is 0.294. The number of esters is 1. The van der Waals surface area contributed by atoms with E-state index in [1.54, 1.807) is 29.7 Å². The highest BCUT2D eigenvalue weighted by Gasteiger charge is 2.09. The summed E-state index contributed by atoms with van der Waals surface area (Å²) >= 11 is 6.13. The first-order valence-electron chi connectivity index (χ1n) is 6.98. The van der Waals surface area contributed by atoms with Crippen LogP contribution in [0.15, 0.2) is 35.1 Å². The molecule has 0 aliphatic carbocycles. The molecule has 0 amide bonds. The zero-order valence-corrected chi connectivity index (χ0v) is 13.6. The van der Waals surface area contributed by atoms with E-state index < -0.39 is 0 Å². The molecule has 0 saturated carbocycles. The Balaban J connectivity index is 2.17. The van der Waals surface area contributed by atoms with Crippen molar-refractivity contribution in [1.29, 1.82) is 0 Å². The zero-order chi connectivity index (χ0) is 16.3. The first-order valence-corrected chi connectivity index (χ1v) is 7.35. The van der Waals surface area contributed by atoms with Crippen molar-refractivity contribution < 1.29 is 9.53 Å². The Morgan fingerprint density at radius 3 is 2.45 bits per heavy atom. The lowest BCUT2D eigenvalue weighted by Gasteiger charge is -2.12. The fourth-order valence-electron chi connectivity index (χ4n) is 2.29. The van der Waals surface area contributed by atoms with Gasteiger partial charge in [-0.2, -0.15) is 0 Å². The van der Waals surface area contributed by atoms with E-state index in [-0.39, 0.29) is 11.5 Å². The first-order chi connectivity index (χ1) is 10.4. The monoisotopic (exact) mass is 319 g/mol. The predicted octanol–water partition coefficient (Wildman–Crippen LogP) is 3.15. The van der Waals surface area contributed by atoms with Crippen molar-refractivity contribution in [3.05, 3.63) is 68.1 Å². The number of rotatable bonds is 4. The first kappa shape index (κ1) is 16.3. The van der Waals surface area contributed by atoms with Gasteiger partial charge in [0.05, 0.1) is 17.7 Å². The van der Waals surface area contributed by atoms with Crippen LogP contribution in [0.5, 0.6) is 0 Å². The molecular weight excluding hydrogens is 302 g/mol. The molecule has 22 heavy (non-hydrogen) atoms. The normalized spacial score (nSPS) is 10.5. The Morgan fingerprint density at radius 1 is 1.23 bits per heavy atom. The lowest BCUT2D eigenvalue weighted by Crippen LogP contribution is -2.25. The number of pyridine rings is 1. The van der Waals surface area contributed by atoms with Crippen molar-refractivity contribution in [2.24, 2.45) is 0 Å². The quantitative estimate of drug-likeness (QED) is 0.813. The van der Waals surface area contributed by atoms with Gasteiger partial charge in [0.2, 0.25) is 0 Å². The van der Waals surface area contributed by atoms with Gasteiger partial charge in [-0.3, -0.25) is 4.79 Å². The van der Waals surface area contributed by atoms with Crippen LogP contribution >= 0.6 is 11.6 Å². The molecule has 5 heteroatoms. The second-order valence-corrected chi connectivity index (χ2v) is 5.56. The Morgan fingerprint density at radius 2 is 1.86 bits per heavy atom. The standard InChI is InChI=1S/C17H18ClNO3/c1-11-10-15(18)12(2)19(16(11)20)9-8-13-4-6-14(7-5-13)17(21)22-3/h4-7,10H,8-9H2,1-3H3. The van der Waals surface area contributed by atoms with Crippen molar-refractivity contribution in [1.82, 2.24) is 4.57 Å². The predicted molar refractivity (Wildman–Crippen MR) is 86.7 cm³/mol. The molecule has 0 saturated heterocycles. The molecular formula is C17H18ClNO3. The van der Waals surface area contributed by atoms with Gasteiger partial charge in [0.25, 0.3) is 5.56 Å². The van der Waals surface area contributed by atoms with E-state index in [4.69, 9.17) is 11.6 Å². The molecule has 116 valence electrons. The number of ether oxygens (including phenoxy) is 1. The minimum Gasteiger partial charge on any atom is -0.465 e. The molecule has 0 unspecified atom stereocenters. The molecule has 0 atom stereocenters. The molecule has 1 aromatic heterocycles. The minimum atomic E-state index is -0.357. The van der Waals surface area contributed by atoms with Gasteiger partial charge < -0.3 is 9.30 Å². The molecule has 4 nitrogen and oxygen atoms in total. The van der Waals surface area contributed by atoms with Gasteiger partial charge in [0, 0.05) is 17.8 Å². The lowest BCUT2D eigenvalue weighted by atomic mass is 10.1. The second-order valence-electron chi connectivity index (χ2n) is 5.16. The smallest absolute Gasteiger partial charge is 0.337 e. The molecule has 2 rings (SSSR count). The van der Waals surface area contributed by atoms with Crippen molar-refractivity contribution in [2.75, 3.05) is 7.11 Å². The molecule has 1 aromatic carbocycles. The number of nitrogens with zero attached hydrogens (tertiary/aromatic N) is 1. The highest BCUT2D eigenvalue weighted by Crippen LogP contribution is 2.15. The van der Waals surface area contributed by atoms with Gasteiger partial charge in [-0.15, -0.1) is 0 Å². The van der Waals surface area contributed by atoms with Crippen molar-refractivity contribution in [2.45, 2.75) is 26.8 Å². The Hall–Kier alpha value is -2.07. The van der Waals surface area contributed by atoms with Gasteiger partial charge in [-0.25, -0.2) is 4.79 Å². The third kappa shape index (κ3) is 3.39. The average molecular weight is 320 g/mol. The summed E-state index contributed by atoms with van der Waals surface area (Å²) in [7, 11) is 1.35. The Kier molecular flexibility index (Phi) is 5.03. The van der Waals surface area contributed by atoms with Crippen molar-refractivity contribution >= 4 is 17.6 Å². The van der Waals surface area contributed by atoms with Gasteiger partial charge in [-0.1, -0.05) is 23.7 Å². The SMILES string of the molecule is COC(=O)c1ccc(CCn2c(C)c(Cl)cc(C)c2=O)cc1. The maximum atomic E-state index is 12.2. The number of hydrogen-bond acceptors (Lipinski definition) is 3. The van der Waals surface area contributed by atoms with Crippen LogP contribution in [0.25, 0.3) is 0 Å². The topological polar surface area (TPSA) is 48.3 Å². The van der Waals surface area contributed by atoms with Crippen LogP contribution < -0.4 is 5.56 Å². The van der Waals surface area contributed by atoms with E-state index in [9.17, 15) is 9.59 Å². The molecule has 1 heterocycles. The number of halogens is 1. The molecule has 0 bridgehead atoms. The third-order valence-corrected chi connectivity index (χ3v) is 4.06. The van der Waals surface area contributed by atoms with Crippen LogP contribution in [0.2, 0.25) is 5.02 Å². The second kappa shape index (κ2) is 6.79. The minimum absolute atomic E-state index is 0.0203. The highest BCUT2D eigenvalue weighted by atomic mass is 35.5. The number of hydrogen-bond donors (Lipinski definition) is 0. The number of benzene rings is 1. The summed E-state index contributed by atoms with van der Waals surface area (Å²) in [6, 6.07) is 8.87.